The highest BCUT2D eigenvalue weighted by Gasteiger charge is 2.31. The van der Waals surface area contributed by atoms with Crippen molar-refractivity contribution in [3.63, 3.8) is 0 Å². The summed E-state index contributed by atoms with van der Waals surface area (Å²) in [5.74, 6) is -0.929. The molecule has 2 aliphatic heterocycles. The molecule has 4 rings (SSSR count). The molecule has 1 amide bonds. The van der Waals surface area contributed by atoms with Gasteiger partial charge in [-0.15, -0.1) is 0 Å². The lowest BCUT2D eigenvalue weighted by molar-refractivity contribution is -0.109. The number of carbonyl (C=O) groups excluding carboxylic acids is 2. The predicted octanol–water partition coefficient (Wildman–Crippen LogP) is 2.60. The molecule has 1 fully saturated rings. The number of hydrazone groups is 1. The van der Waals surface area contributed by atoms with E-state index in [1.165, 1.54) is 6.07 Å². The van der Waals surface area contributed by atoms with Crippen LogP contribution < -0.4 is 5.43 Å². The smallest absolute Gasteiger partial charge is 0.256 e. The van der Waals surface area contributed by atoms with Gasteiger partial charge in [0.1, 0.15) is 18.1 Å². The molecule has 0 aliphatic carbocycles. The van der Waals surface area contributed by atoms with Crippen LogP contribution in [0.4, 0.5) is 4.39 Å². The number of piperidine rings is 1. The Balaban J connectivity index is 1.56. The molecule has 2 aliphatic rings. The van der Waals surface area contributed by atoms with Crippen LogP contribution in [-0.2, 0) is 11.2 Å². The van der Waals surface area contributed by atoms with E-state index in [-0.39, 0.29) is 11.5 Å². The van der Waals surface area contributed by atoms with E-state index in [1.807, 2.05) is 24.3 Å². The molecule has 0 bridgehead atoms. The summed E-state index contributed by atoms with van der Waals surface area (Å²) in [7, 11) is 0. The van der Waals surface area contributed by atoms with Gasteiger partial charge in [0.25, 0.3) is 5.91 Å². The number of benzene rings is 2. The molecule has 1 saturated heterocycles. The van der Waals surface area contributed by atoms with Gasteiger partial charge in [-0.3, -0.25) is 10.2 Å². The van der Waals surface area contributed by atoms with Gasteiger partial charge >= 0.3 is 0 Å². The lowest BCUT2D eigenvalue weighted by atomic mass is 9.92. The van der Waals surface area contributed by atoms with Crippen molar-refractivity contribution >= 4 is 17.9 Å². The lowest BCUT2D eigenvalue weighted by Crippen LogP contribution is -2.45. The number of fused-ring (bicyclic) bond motifs is 1. The number of aliphatic hydroxyl groups is 1. The summed E-state index contributed by atoms with van der Waals surface area (Å²) in [5, 5.41) is 14.4. The molecule has 6 nitrogen and oxygen atoms in total. The van der Waals surface area contributed by atoms with Crippen molar-refractivity contribution in [2.45, 2.75) is 37.8 Å². The van der Waals surface area contributed by atoms with E-state index in [0.717, 1.165) is 28.7 Å². The maximum absolute atomic E-state index is 14.5. The Labute approximate surface area is 174 Å². The molecule has 7 heteroatoms. The van der Waals surface area contributed by atoms with Gasteiger partial charge in [-0.05, 0) is 43.0 Å². The molecule has 30 heavy (non-hydrogen) atoms. The van der Waals surface area contributed by atoms with Gasteiger partial charge in [-0.1, -0.05) is 30.3 Å². The third-order valence-electron chi connectivity index (χ3n) is 5.84. The van der Waals surface area contributed by atoms with E-state index in [9.17, 15) is 19.1 Å². The molecule has 2 aromatic carbocycles. The Morgan fingerprint density at radius 3 is 2.77 bits per heavy atom. The van der Waals surface area contributed by atoms with Crippen molar-refractivity contribution < 1.29 is 19.1 Å². The van der Waals surface area contributed by atoms with E-state index in [1.54, 1.807) is 24.0 Å². The number of amides is 1. The highest BCUT2D eigenvalue weighted by atomic mass is 19.1. The second-order valence-corrected chi connectivity index (χ2v) is 8.17. The standard InChI is InChI=1S/C23H24FN3O3/c1-23(30)8-10-27(11-9-23)22(29)18-12-15(6-7-19(18)24)13-20-16-4-2-3-5-17(16)21(14-28)26-25-20/h2-7,12,14,21,26,30H,8-11,13H2,1H3. The Hall–Kier alpha value is -3.06. The molecule has 0 radical (unpaired) electrons. The summed E-state index contributed by atoms with van der Waals surface area (Å²) >= 11 is 0. The summed E-state index contributed by atoms with van der Waals surface area (Å²) in [6, 6.07) is 11.6. The normalized spacial score (nSPS) is 20.0. The van der Waals surface area contributed by atoms with Crippen LogP contribution in [0.3, 0.4) is 0 Å². The van der Waals surface area contributed by atoms with Crippen molar-refractivity contribution in [3.05, 3.63) is 70.5 Å². The molecule has 2 heterocycles. The molecule has 2 aromatic rings. The van der Waals surface area contributed by atoms with Crippen LogP contribution in [0.15, 0.2) is 47.6 Å². The lowest BCUT2D eigenvalue weighted by Gasteiger charge is -2.35. The fraction of sp³-hybridized carbons (Fsp3) is 0.348. The number of hydrogen-bond donors (Lipinski definition) is 2. The van der Waals surface area contributed by atoms with Crippen LogP contribution in [-0.4, -0.2) is 46.6 Å². The highest BCUT2D eigenvalue weighted by Crippen LogP contribution is 2.25. The second kappa shape index (κ2) is 7.99. The molecule has 2 N–H and O–H groups in total. The van der Waals surface area contributed by atoms with Gasteiger partial charge in [0.15, 0.2) is 0 Å². The molecule has 1 unspecified atom stereocenters. The topological polar surface area (TPSA) is 82.0 Å². The number of carbonyl (C=O) groups is 2. The minimum atomic E-state index is -0.782. The molecule has 0 spiro atoms. The number of likely N-dealkylation sites (tertiary alicyclic amines) is 1. The van der Waals surface area contributed by atoms with E-state index >= 15 is 0 Å². The molecule has 0 saturated carbocycles. The summed E-state index contributed by atoms with van der Waals surface area (Å²) in [6.07, 6.45) is 2.14. The number of rotatable bonds is 4. The first kappa shape index (κ1) is 20.2. The largest absolute Gasteiger partial charge is 0.390 e. The number of nitrogens with one attached hydrogen (secondary N) is 1. The number of hydrogen-bond acceptors (Lipinski definition) is 5. The summed E-state index contributed by atoms with van der Waals surface area (Å²) in [4.78, 5) is 25.8. The minimum Gasteiger partial charge on any atom is -0.390 e. The van der Waals surface area contributed by atoms with Gasteiger partial charge in [0.05, 0.1) is 16.9 Å². The Morgan fingerprint density at radius 1 is 1.30 bits per heavy atom. The van der Waals surface area contributed by atoms with Gasteiger partial charge in [-0.2, -0.15) is 5.10 Å². The molecular formula is C23H24FN3O3. The Morgan fingerprint density at radius 2 is 2.03 bits per heavy atom. The summed E-state index contributed by atoms with van der Waals surface area (Å²) < 4.78 is 14.5. The minimum absolute atomic E-state index is 0.0254. The van der Waals surface area contributed by atoms with Crippen molar-refractivity contribution in [2.75, 3.05) is 13.1 Å². The van der Waals surface area contributed by atoms with Gasteiger partial charge in [0.2, 0.25) is 0 Å². The predicted molar refractivity (Wildman–Crippen MR) is 111 cm³/mol. The van der Waals surface area contributed by atoms with E-state index in [4.69, 9.17) is 0 Å². The van der Waals surface area contributed by atoms with Crippen molar-refractivity contribution in [1.82, 2.24) is 10.3 Å². The fourth-order valence-electron chi connectivity index (χ4n) is 3.95. The van der Waals surface area contributed by atoms with Crippen LogP contribution >= 0.6 is 0 Å². The van der Waals surface area contributed by atoms with Crippen LogP contribution in [0.5, 0.6) is 0 Å². The van der Waals surface area contributed by atoms with Crippen molar-refractivity contribution in [1.29, 1.82) is 0 Å². The van der Waals surface area contributed by atoms with E-state index < -0.39 is 17.5 Å². The summed E-state index contributed by atoms with van der Waals surface area (Å²) in [6.45, 7) is 2.54. The van der Waals surface area contributed by atoms with Gasteiger partial charge < -0.3 is 14.8 Å². The fourth-order valence-corrected chi connectivity index (χ4v) is 3.95. The highest BCUT2D eigenvalue weighted by molar-refractivity contribution is 6.04. The monoisotopic (exact) mass is 409 g/mol. The zero-order valence-corrected chi connectivity index (χ0v) is 16.8. The first-order chi connectivity index (χ1) is 14.4. The van der Waals surface area contributed by atoms with Crippen molar-refractivity contribution in [2.24, 2.45) is 5.10 Å². The third-order valence-corrected chi connectivity index (χ3v) is 5.84. The SMILES string of the molecule is CC1(O)CCN(C(=O)c2cc(CC3=NNC(C=O)c4ccccc43)ccc2F)CC1. The number of aldehydes is 1. The van der Waals surface area contributed by atoms with Crippen LogP contribution in [0.25, 0.3) is 0 Å². The van der Waals surface area contributed by atoms with Crippen LogP contribution in [0.1, 0.15) is 52.9 Å². The number of nitrogens with zero attached hydrogens (tertiary/aromatic N) is 2. The average Bonchev–Trinajstić information content (AvgIpc) is 2.75. The first-order valence-corrected chi connectivity index (χ1v) is 10.0. The quantitative estimate of drug-likeness (QED) is 0.761. The van der Waals surface area contributed by atoms with Gasteiger partial charge in [-0.25, -0.2) is 4.39 Å². The molecule has 1 atom stereocenters. The van der Waals surface area contributed by atoms with Crippen LogP contribution in [0, 0.1) is 5.82 Å². The molecule has 0 aromatic heterocycles. The maximum Gasteiger partial charge on any atom is 0.256 e. The van der Waals surface area contributed by atoms with Crippen LogP contribution in [0.2, 0.25) is 0 Å². The summed E-state index contributed by atoms with van der Waals surface area (Å²) in [5.41, 5.74) is 5.28. The maximum atomic E-state index is 14.5. The van der Waals surface area contributed by atoms with E-state index in [0.29, 0.717) is 32.4 Å². The van der Waals surface area contributed by atoms with Crippen molar-refractivity contribution in [3.8, 4) is 0 Å². The first-order valence-electron chi connectivity index (χ1n) is 10.0. The molecule has 156 valence electrons. The number of halogens is 1. The average molecular weight is 409 g/mol. The zero-order valence-electron chi connectivity index (χ0n) is 16.8. The zero-order chi connectivity index (χ0) is 21.3. The third kappa shape index (κ3) is 3.98. The van der Waals surface area contributed by atoms with Gasteiger partial charge in [0, 0.05) is 25.1 Å². The molecular weight excluding hydrogens is 385 g/mol. The van der Waals surface area contributed by atoms with E-state index in [2.05, 4.69) is 10.5 Å². The Kier molecular flexibility index (Phi) is 5.39. The Bertz CT molecular complexity index is 1010. The second-order valence-electron chi connectivity index (χ2n) is 8.17.